The fourth-order valence-corrected chi connectivity index (χ4v) is 4.09. The van der Waals surface area contributed by atoms with Gasteiger partial charge in [-0.1, -0.05) is 36.4 Å². The molecule has 0 unspecified atom stereocenters. The van der Waals surface area contributed by atoms with E-state index < -0.39 is 34.3 Å². The van der Waals surface area contributed by atoms with E-state index in [1.54, 1.807) is 48.5 Å². The maximum Gasteiger partial charge on any atom is 0.288 e. The summed E-state index contributed by atoms with van der Waals surface area (Å²) in [6.07, 6.45) is 0.363. The second kappa shape index (κ2) is 12.0. The number of benzene rings is 3. The highest BCUT2D eigenvalue weighted by Gasteiger charge is 2.46. The van der Waals surface area contributed by atoms with Gasteiger partial charge in [0, 0.05) is 24.2 Å². The molecule has 12 nitrogen and oxygen atoms in total. The lowest BCUT2D eigenvalue weighted by molar-refractivity contribution is -0.384. The molecule has 3 amide bonds. The fourth-order valence-electron chi connectivity index (χ4n) is 4.09. The van der Waals surface area contributed by atoms with Crippen molar-refractivity contribution in [2.75, 3.05) is 20.8 Å². The zero-order valence-corrected chi connectivity index (χ0v) is 21.5. The third-order valence-electron chi connectivity index (χ3n) is 6.16. The number of methoxy groups -OCH3 is 2. The van der Waals surface area contributed by atoms with Crippen molar-refractivity contribution in [1.82, 2.24) is 10.3 Å². The Hall–Kier alpha value is -5.39. The van der Waals surface area contributed by atoms with Gasteiger partial charge >= 0.3 is 0 Å². The molecule has 4 rings (SSSR count). The highest BCUT2D eigenvalue weighted by Crippen LogP contribution is 2.28. The number of rotatable bonds is 10. The number of ketones is 1. The summed E-state index contributed by atoms with van der Waals surface area (Å²) in [6.45, 7) is 0.0875. The molecule has 1 N–H and O–H groups in total. The predicted molar refractivity (Wildman–Crippen MR) is 142 cm³/mol. The third-order valence-corrected chi connectivity index (χ3v) is 6.16. The lowest BCUT2D eigenvalue weighted by atomic mass is 9.92. The molecule has 0 spiro atoms. The van der Waals surface area contributed by atoms with E-state index in [-0.39, 0.29) is 23.5 Å². The van der Waals surface area contributed by atoms with Crippen molar-refractivity contribution in [2.45, 2.75) is 6.42 Å². The van der Waals surface area contributed by atoms with Gasteiger partial charge in [-0.3, -0.25) is 29.3 Å². The summed E-state index contributed by atoms with van der Waals surface area (Å²) in [6, 6.07) is 18.1. The van der Waals surface area contributed by atoms with Gasteiger partial charge in [0.15, 0.2) is 17.4 Å². The van der Waals surface area contributed by atoms with E-state index in [4.69, 9.17) is 9.47 Å². The molecular formula is C28H24N4O8. The minimum absolute atomic E-state index is 0.0532. The Kier molecular flexibility index (Phi) is 8.28. The highest BCUT2D eigenvalue weighted by molar-refractivity contribution is 6.48. The lowest BCUT2D eigenvalue weighted by Crippen LogP contribution is -2.43. The molecule has 0 saturated heterocycles. The summed E-state index contributed by atoms with van der Waals surface area (Å²) in [4.78, 5) is 62.8. The molecule has 1 aliphatic rings. The van der Waals surface area contributed by atoms with Crippen molar-refractivity contribution in [1.29, 1.82) is 0 Å². The Labute approximate surface area is 228 Å². The van der Waals surface area contributed by atoms with Crippen LogP contribution in [0.3, 0.4) is 0 Å². The maximum atomic E-state index is 13.3. The molecule has 0 fully saturated rings. The van der Waals surface area contributed by atoms with Crippen LogP contribution in [0, 0.1) is 16.0 Å². The van der Waals surface area contributed by atoms with E-state index in [1.807, 2.05) is 0 Å². The minimum atomic E-state index is -1.65. The fraction of sp³-hybridized carbons (Fsp3) is 0.179. The molecule has 0 aliphatic carbocycles. The van der Waals surface area contributed by atoms with Crippen molar-refractivity contribution in [3.05, 3.63) is 99.6 Å². The smallest absolute Gasteiger partial charge is 0.288 e. The molecule has 0 bridgehead atoms. The van der Waals surface area contributed by atoms with Crippen LogP contribution in [-0.2, 0) is 20.8 Å². The second-order valence-electron chi connectivity index (χ2n) is 8.60. The average molecular weight is 545 g/mol. The molecular weight excluding hydrogens is 520 g/mol. The van der Waals surface area contributed by atoms with Gasteiger partial charge in [-0.25, -0.2) is 0 Å². The number of amides is 3. The topological polar surface area (TPSA) is 158 Å². The Balaban J connectivity index is 1.52. The van der Waals surface area contributed by atoms with Crippen molar-refractivity contribution in [2.24, 2.45) is 11.0 Å². The molecule has 0 radical (unpaired) electrons. The third kappa shape index (κ3) is 5.70. The second-order valence-corrected chi connectivity index (χ2v) is 8.60. The summed E-state index contributed by atoms with van der Waals surface area (Å²) < 4.78 is 10.5. The van der Waals surface area contributed by atoms with Crippen molar-refractivity contribution in [3.63, 3.8) is 0 Å². The number of nitrogens with one attached hydrogen (secondary N) is 1. The summed E-state index contributed by atoms with van der Waals surface area (Å²) >= 11 is 0. The average Bonchev–Trinajstić information content (AvgIpc) is 3.33. The van der Waals surface area contributed by atoms with E-state index >= 15 is 0 Å². The van der Waals surface area contributed by atoms with Crippen molar-refractivity contribution < 1.29 is 33.6 Å². The lowest BCUT2D eigenvalue weighted by Gasteiger charge is -2.13. The molecule has 12 heteroatoms. The van der Waals surface area contributed by atoms with Crippen LogP contribution >= 0.6 is 0 Å². The van der Waals surface area contributed by atoms with Crippen LogP contribution < -0.4 is 14.8 Å². The Morgan fingerprint density at radius 2 is 1.65 bits per heavy atom. The first kappa shape index (κ1) is 27.6. The number of nitro groups is 1. The molecule has 0 aromatic heterocycles. The molecule has 3 aromatic rings. The Morgan fingerprint density at radius 1 is 0.975 bits per heavy atom. The van der Waals surface area contributed by atoms with Gasteiger partial charge in [-0.05, 0) is 41.8 Å². The Morgan fingerprint density at radius 3 is 2.27 bits per heavy atom. The quantitative estimate of drug-likeness (QED) is 0.134. The van der Waals surface area contributed by atoms with E-state index in [0.29, 0.717) is 28.5 Å². The summed E-state index contributed by atoms with van der Waals surface area (Å²) in [5, 5.41) is 18.1. The van der Waals surface area contributed by atoms with Crippen LogP contribution in [0.1, 0.15) is 21.5 Å². The predicted octanol–water partition coefficient (Wildman–Crippen LogP) is 2.54. The number of ether oxygens (including phenoxy) is 2. The van der Waals surface area contributed by atoms with Crippen molar-refractivity contribution >= 4 is 34.9 Å². The zero-order chi connectivity index (χ0) is 28.8. The van der Waals surface area contributed by atoms with Gasteiger partial charge in [0.1, 0.15) is 0 Å². The van der Waals surface area contributed by atoms with Gasteiger partial charge in [-0.15, -0.1) is 0 Å². The largest absolute Gasteiger partial charge is 0.493 e. The zero-order valence-electron chi connectivity index (χ0n) is 21.5. The number of nitro benzene ring substituents is 1. The van der Waals surface area contributed by atoms with Gasteiger partial charge in [0.05, 0.1) is 24.9 Å². The normalized spacial score (nSPS) is 14.3. The molecule has 0 saturated carbocycles. The van der Waals surface area contributed by atoms with Gasteiger partial charge in [-0.2, -0.15) is 10.1 Å². The monoisotopic (exact) mass is 544 g/mol. The summed E-state index contributed by atoms with van der Waals surface area (Å²) in [7, 11) is 3.02. The Bertz CT molecular complexity index is 1500. The molecule has 40 heavy (non-hydrogen) atoms. The van der Waals surface area contributed by atoms with Gasteiger partial charge in [0.2, 0.25) is 5.78 Å². The van der Waals surface area contributed by atoms with E-state index in [1.165, 1.54) is 26.4 Å². The highest BCUT2D eigenvalue weighted by atomic mass is 16.6. The van der Waals surface area contributed by atoms with Gasteiger partial charge in [0.25, 0.3) is 23.4 Å². The van der Waals surface area contributed by atoms with Crippen LogP contribution in [0.2, 0.25) is 0 Å². The number of imide groups is 1. The molecule has 1 heterocycles. The van der Waals surface area contributed by atoms with Crippen LogP contribution in [0.25, 0.3) is 0 Å². The minimum Gasteiger partial charge on any atom is -0.493 e. The molecule has 3 aromatic carbocycles. The number of hydrogen-bond donors (Lipinski definition) is 1. The van der Waals surface area contributed by atoms with Crippen LogP contribution in [0.4, 0.5) is 5.69 Å². The SMILES string of the molecule is COc1ccc(CCNC(=O)C(=O)[C@H]2C(=O)N(C(=O)c3ccc([N+](=O)[O-])cc3)N=C2c2ccccc2)cc1OC. The first-order valence-electron chi connectivity index (χ1n) is 12.0. The number of nitrogens with zero attached hydrogens (tertiary/aromatic N) is 3. The van der Waals surface area contributed by atoms with Crippen LogP contribution in [0.15, 0.2) is 77.9 Å². The maximum absolute atomic E-state index is 13.3. The molecule has 1 atom stereocenters. The van der Waals surface area contributed by atoms with Crippen LogP contribution in [-0.4, -0.2) is 59.9 Å². The van der Waals surface area contributed by atoms with E-state index in [0.717, 1.165) is 17.7 Å². The standard InChI is InChI=1S/C28H24N4O8/c1-39-21-13-8-17(16-22(21)40-2)14-15-29-26(34)25(33)23-24(18-6-4-3-5-7-18)30-31(28(23)36)27(35)19-9-11-20(12-10-19)32(37)38/h3-13,16,23H,14-15H2,1-2H3,(H,29,34)/t23-/m0/s1. The first-order chi connectivity index (χ1) is 19.2. The van der Waals surface area contributed by atoms with E-state index in [2.05, 4.69) is 10.4 Å². The number of carbonyl (C=O) groups is 4. The first-order valence-corrected chi connectivity index (χ1v) is 12.0. The van der Waals surface area contributed by atoms with E-state index in [9.17, 15) is 29.3 Å². The number of Topliss-reactive ketones (excluding diaryl/α,β-unsaturated/α-hetero) is 1. The molecule has 204 valence electrons. The van der Waals surface area contributed by atoms with Gasteiger partial charge < -0.3 is 14.8 Å². The summed E-state index contributed by atoms with van der Waals surface area (Å²) in [5.74, 6) is -4.55. The number of hydrazone groups is 1. The number of non-ortho nitro benzene ring substituents is 1. The number of carbonyl (C=O) groups excluding carboxylic acids is 4. The summed E-state index contributed by atoms with van der Waals surface area (Å²) in [5.41, 5.74) is 0.846. The van der Waals surface area contributed by atoms with Crippen LogP contribution in [0.5, 0.6) is 11.5 Å². The van der Waals surface area contributed by atoms with Crippen molar-refractivity contribution in [3.8, 4) is 11.5 Å². The number of hydrogen-bond acceptors (Lipinski definition) is 9. The molecule has 1 aliphatic heterocycles.